The topological polar surface area (TPSA) is 44.8 Å². The van der Waals surface area contributed by atoms with Crippen molar-refractivity contribution in [1.29, 1.82) is 0 Å². The summed E-state index contributed by atoms with van der Waals surface area (Å²) >= 11 is 0. The van der Waals surface area contributed by atoms with Crippen molar-refractivity contribution in [3.8, 4) is 5.75 Å². The van der Waals surface area contributed by atoms with E-state index in [1.54, 1.807) is 13.2 Å². The van der Waals surface area contributed by atoms with Crippen molar-refractivity contribution in [2.45, 2.75) is 12.2 Å². The summed E-state index contributed by atoms with van der Waals surface area (Å²) in [5.74, 6) is 0.754. The minimum Gasteiger partial charge on any atom is -0.497 e. The van der Waals surface area contributed by atoms with Crippen molar-refractivity contribution in [3.05, 3.63) is 42.5 Å². The number of cyclic esters (lactones) is 2. The van der Waals surface area contributed by atoms with E-state index in [1.807, 2.05) is 24.3 Å². The Morgan fingerprint density at radius 3 is 2.56 bits per heavy atom. The number of ether oxygens (including phenoxy) is 3. The van der Waals surface area contributed by atoms with E-state index in [-0.39, 0.29) is 0 Å². The Bertz CT molecular complexity index is 396. The van der Waals surface area contributed by atoms with Gasteiger partial charge < -0.3 is 14.2 Å². The maximum absolute atomic E-state index is 11.0. The van der Waals surface area contributed by atoms with E-state index >= 15 is 0 Å². The standard InChI is InChI=1S/C12H12O4/c1-3-10-11(16-12(13)15-10)8-4-6-9(14-2)7-5-8/h3-7,10-11H,1H2,2H3/t10-,11-/m1/s1. The van der Waals surface area contributed by atoms with Gasteiger partial charge in [0, 0.05) is 0 Å². The maximum atomic E-state index is 11.0. The van der Waals surface area contributed by atoms with Gasteiger partial charge in [-0.3, -0.25) is 0 Å². The normalized spacial score (nSPS) is 23.4. The van der Waals surface area contributed by atoms with Crippen LogP contribution in [0, 0.1) is 0 Å². The second kappa shape index (κ2) is 4.26. The van der Waals surface area contributed by atoms with Crippen molar-refractivity contribution in [2.24, 2.45) is 0 Å². The molecule has 1 aliphatic heterocycles. The van der Waals surface area contributed by atoms with Crippen LogP contribution in [-0.4, -0.2) is 19.4 Å². The molecule has 1 saturated heterocycles. The van der Waals surface area contributed by atoms with Crippen molar-refractivity contribution in [2.75, 3.05) is 7.11 Å². The van der Waals surface area contributed by atoms with Gasteiger partial charge in [0.15, 0.2) is 12.2 Å². The molecule has 0 radical (unpaired) electrons. The van der Waals surface area contributed by atoms with Crippen molar-refractivity contribution in [3.63, 3.8) is 0 Å². The van der Waals surface area contributed by atoms with E-state index in [9.17, 15) is 4.79 Å². The molecule has 0 saturated carbocycles. The van der Waals surface area contributed by atoms with E-state index in [0.717, 1.165) is 11.3 Å². The first-order valence-corrected chi connectivity index (χ1v) is 4.88. The van der Waals surface area contributed by atoms with Crippen LogP contribution in [0.3, 0.4) is 0 Å². The molecule has 2 rings (SSSR count). The lowest BCUT2D eigenvalue weighted by molar-refractivity contribution is 0.117. The van der Waals surface area contributed by atoms with Gasteiger partial charge in [-0.15, -0.1) is 0 Å². The van der Waals surface area contributed by atoms with Gasteiger partial charge in [0.2, 0.25) is 0 Å². The summed E-state index contributed by atoms with van der Waals surface area (Å²) in [7, 11) is 1.60. The zero-order valence-electron chi connectivity index (χ0n) is 8.88. The molecule has 0 amide bonds. The van der Waals surface area contributed by atoms with E-state index in [2.05, 4.69) is 6.58 Å². The summed E-state index contributed by atoms with van der Waals surface area (Å²) in [5, 5.41) is 0. The van der Waals surface area contributed by atoms with Crippen LogP contribution in [0.2, 0.25) is 0 Å². The number of hydrogen-bond donors (Lipinski definition) is 0. The highest BCUT2D eigenvalue weighted by molar-refractivity contribution is 5.63. The lowest BCUT2D eigenvalue weighted by Crippen LogP contribution is -2.11. The maximum Gasteiger partial charge on any atom is 0.509 e. The number of hydrogen-bond acceptors (Lipinski definition) is 4. The highest BCUT2D eigenvalue weighted by atomic mass is 16.8. The van der Waals surface area contributed by atoms with Crippen LogP contribution in [0.5, 0.6) is 5.75 Å². The fourth-order valence-electron chi connectivity index (χ4n) is 1.59. The number of carbonyl (C=O) groups is 1. The van der Waals surface area contributed by atoms with Crippen LogP contribution in [0.4, 0.5) is 4.79 Å². The van der Waals surface area contributed by atoms with Gasteiger partial charge in [-0.25, -0.2) is 4.79 Å². The Labute approximate surface area is 93.4 Å². The SMILES string of the molecule is C=C[C@H]1OC(=O)O[C@@H]1c1ccc(OC)cc1. The third kappa shape index (κ3) is 1.86. The molecule has 0 bridgehead atoms. The Hall–Kier alpha value is -1.97. The van der Waals surface area contributed by atoms with Crippen LogP contribution >= 0.6 is 0 Å². The molecule has 0 spiro atoms. The molecular formula is C12H12O4. The molecule has 0 unspecified atom stereocenters. The lowest BCUT2D eigenvalue weighted by Gasteiger charge is -2.12. The van der Waals surface area contributed by atoms with E-state index in [1.165, 1.54) is 0 Å². The van der Waals surface area contributed by atoms with E-state index < -0.39 is 18.4 Å². The summed E-state index contributed by atoms with van der Waals surface area (Å²) in [5.41, 5.74) is 0.858. The van der Waals surface area contributed by atoms with Crippen LogP contribution in [0.15, 0.2) is 36.9 Å². The number of benzene rings is 1. The molecule has 84 valence electrons. The van der Waals surface area contributed by atoms with Gasteiger partial charge in [0.25, 0.3) is 0 Å². The predicted molar refractivity (Wildman–Crippen MR) is 57.3 cm³/mol. The Morgan fingerprint density at radius 2 is 2.00 bits per heavy atom. The average Bonchev–Trinajstić information content (AvgIpc) is 2.70. The van der Waals surface area contributed by atoms with Crippen LogP contribution in [-0.2, 0) is 9.47 Å². The third-order valence-corrected chi connectivity index (χ3v) is 2.43. The minimum atomic E-state index is -0.661. The van der Waals surface area contributed by atoms with Crippen molar-refractivity contribution < 1.29 is 19.0 Å². The van der Waals surface area contributed by atoms with Gasteiger partial charge >= 0.3 is 6.16 Å². The average molecular weight is 220 g/mol. The molecule has 1 aliphatic rings. The lowest BCUT2D eigenvalue weighted by atomic mass is 10.0. The number of rotatable bonds is 3. The monoisotopic (exact) mass is 220 g/mol. The predicted octanol–water partition coefficient (Wildman–Crippen LogP) is 2.46. The Kier molecular flexibility index (Phi) is 2.81. The van der Waals surface area contributed by atoms with E-state index in [0.29, 0.717) is 0 Å². The Balaban J connectivity index is 2.22. The quantitative estimate of drug-likeness (QED) is 0.579. The van der Waals surface area contributed by atoms with Gasteiger partial charge in [-0.1, -0.05) is 18.7 Å². The summed E-state index contributed by atoms with van der Waals surface area (Å²) < 4.78 is 15.0. The largest absolute Gasteiger partial charge is 0.509 e. The van der Waals surface area contributed by atoms with Crippen LogP contribution in [0.25, 0.3) is 0 Å². The number of methoxy groups -OCH3 is 1. The van der Waals surface area contributed by atoms with Gasteiger partial charge in [0.05, 0.1) is 7.11 Å². The molecule has 1 fully saturated rings. The Morgan fingerprint density at radius 1 is 1.31 bits per heavy atom. The third-order valence-electron chi connectivity index (χ3n) is 2.43. The van der Waals surface area contributed by atoms with Gasteiger partial charge in [0.1, 0.15) is 5.75 Å². The molecule has 0 aliphatic carbocycles. The fourth-order valence-corrected chi connectivity index (χ4v) is 1.59. The van der Waals surface area contributed by atoms with E-state index in [4.69, 9.17) is 14.2 Å². The zero-order chi connectivity index (χ0) is 11.5. The van der Waals surface area contributed by atoms with Crippen LogP contribution < -0.4 is 4.74 Å². The molecular weight excluding hydrogens is 208 g/mol. The van der Waals surface area contributed by atoms with Crippen LogP contribution in [0.1, 0.15) is 11.7 Å². The first-order valence-electron chi connectivity index (χ1n) is 4.88. The zero-order valence-corrected chi connectivity index (χ0v) is 8.88. The molecule has 4 heteroatoms. The fraction of sp³-hybridized carbons (Fsp3) is 0.250. The molecule has 1 aromatic rings. The first-order chi connectivity index (χ1) is 7.74. The molecule has 2 atom stereocenters. The molecule has 0 N–H and O–H groups in total. The summed E-state index contributed by atoms with van der Waals surface area (Å²) in [4.78, 5) is 11.0. The smallest absolute Gasteiger partial charge is 0.497 e. The molecule has 1 heterocycles. The van der Waals surface area contributed by atoms with Gasteiger partial charge in [-0.05, 0) is 23.8 Å². The first kappa shape index (κ1) is 10.5. The highest BCUT2D eigenvalue weighted by Crippen LogP contribution is 2.31. The summed E-state index contributed by atoms with van der Waals surface area (Å²) in [6.45, 7) is 3.60. The van der Waals surface area contributed by atoms with Crippen molar-refractivity contribution >= 4 is 6.16 Å². The molecule has 4 nitrogen and oxygen atoms in total. The van der Waals surface area contributed by atoms with Gasteiger partial charge in [-0.2, -0.15) is 0 Å². The summed E-state index contributed by atoms with van der Waals surface area (Å²) in [6.07, 6.45) is 0.0438. The molecule has 1 aromatic carbocycles. The second-order valence-electron chi connectivity index (χ2n) is 3.38. The second-order valence-corrected chi connectivity index (χ2v) is 3.38. The minimum absolute atomic E-state index is 0.420. The molecule has 0 aromatic heterocycles. The highest BCUT2D eigenvalue weighted by Gasteiger charge is 2.35. The molecule has 16 heavy (non-hydrogen) atoms. The number of carbonyl (C=O) groups excluding carboxylic acids is 1. The summed E-state index contributed by atoms with van der Waals surface area (Å²) in [6, 6.07) is 7.28. The van der Waals surface area contributed by atoms with Crippen molar-refractivity contribution in [1.82, 2.24) is 0 Å².